The van der Waals surface area contributed by atoms with Crippen molar-refractivity contribution in [3.63, 3.8) is 0 Å². The third-order valence-corrected chi connectivity index (χ3v) is 4.41. The van der Waals surface area contributed by atoms with E-state index < -0.39 is 0 Å². The number of nitrogens with zero attached hydrogens (tertiary/aromatic N) is 1. The predicted molar refractivity (Wildman–Crippen MR) is 101 cm³/mol. The minimum absolute atomic E-state index is 0.0851. The van der Waals surface area contributed by atoms with Crippen LogP contribution in [0.3, 0.4) is 0 Å². The van der Waals surface area contributed by atoms with Gasteiger partial charge in [-0.15, -0.1) is 0 Å². The smallest absolute Gasteiger partial charge is 0.236 e. The molecule has 4 heteroatoms. The predicted octanol–water partition coefficient (Wildman–Crippen LogP) is 5.03. The van der Waals surface area contributed by atoms with Gasteiger partial charge in [-0.05, 0) is 47.2 Å². The first-order valence-corrected chi connectivity index (χ1v) is 8.66. The Bertz CT molecular complexity index is 832. The van der Waals surface area contributed by atoms with Gasteiger partial charge in [-0.2, -0.15) is 5.26 Å². The summed E-state index contributed by atoms with van der Waals surface area (Å²) in [5, 5.41) is 13.7. The van der Waals surface area contributed by atoms with Gasteiger partial charge in [0.05, 0.1) is 5.92 Å². The highest BCUT2D eigenvalue weighted by Gasteiger charge is 2.22. The molecule has 0 fully saturated rings. The van der Waals surface area contributed by atoms with Crippen LogP contribution < -0.4 is 5.32 Å². The van der Waals surface area contributed by atoms with Gasteiger partial charge in [-0.1, -0.05) is 60.7 Å². The van der Waals surface area contributed by atoms with Crippen LogP contribution in [0.1, 0.15) is 17.0 Å². The lowest BCUT2D eigenvalue weighted by Gasteiger charge is -2.18. The molecule has 0 unspecified atom stereocenters. The molecule has 0 aliphatic rings. The molecule has 1 N–H and O–H groups in total. The number of thiocyanates is 1. The molecule has 0 bridgehead atoms. The van der Waals surface area contributed by atoms with Gasteiger partial charge in [0.25, 0.3) is 0 Å². The summed E-state index contributed by atoms with van der Waals surface area (Å²) in [5.74, 6) is -0.464. The third kappa shape index (κ3) is 4.28. The second kappa shape index (κ2) is 8.18. The average molecular weight is 344 g/mol. The van der Waals surface area contributed by atoms with Gasteiger partial charge >= 0.3 is 0 Å². The number of carbonyl (C=O) groups is 1. The van der Waals surface area contributed by atoms with Crippen molar-refractivity contribution in [2.75, 3.05) is 5.32 Å². The zero-order valence-electron chi connectivity index (χ0n) is 13.4. The van der Waals surface area contributed by atoms with Gasteiger partial charge < -0.3 is 5.32 Å². The van der Waals surface area contributed by atoms with Crippen molar-refractivity contribution in [3.05, 3.63) is 96.1 Å². The van der Waals surface area contributed by atoms with Crippen LogP contribution in [0.4, 0.5) is 5.69 Å². The quantitative estimate of drug-likeness (QED) is 0.522. The highest BCUT2D eigenvalue weighted by molar-refractivity contribution is 8.03. The number of thioether (sulfide) groups is 1. The van der Waals surface area contributed by atoms with Gasteiger partial charge in [0.1, 0.15) is 5.40 Å². The Labute approximate surface area is 151 Å². The van der Waals surface area contributed by atoms with Gasteiger partial charge in [0, 0.05) is 10.6 Å². The van der Waals surface area contributed by atoms with E-state index in [-0.39, 0.29) is 11.8 Å². The fraction of sp³-hybridized carbons (Fsp3) is 0.0476. The Kier molecular flexibility index (Phi) is 5.50. The van der Waals surface area contributed by atoms with Gasteiger partial charge in [0.2, 0.25) is 5.91 Å². The van der Waals surface area contributed by atoms with Gasteiger partial charge in [-0.25, -0.2) is 0 Å². The number of nitrogens with one attached hydrogen (secondary N) is 1. The maximum Gasteiger partial charge on any atom is 0.236 e. The molecule has 3 aromatic rings. The summed E-state index contributed by atoms with van der Waals surface area (Å²) in [6.45, 7) is 0. The fourth-order valence-electron chi connectivity index (χ4n) is 2.66. The maximum atomic E-state index is 13.0. The summed E-state index contributed by atoms with van der Waals surface area (Å²) in [5.41, 5.74) is 2.61. The van der Waals surface area contributed by atoms with Crippen molar-refractivity contribution in [2.45, 2.75) is 10.8 Å². The normalized spacial score (nSPS) is 10.2. The summed E-state index contributed by atoms with van der Waals surface area (Å²) in [7, 11) is 0. The topological polar surface area (TPSA) is 52.9 Å². The average Bonchev–Trinajstić information content (AvgIpc) is 2.66. The van der Waals surface area contributed by atoms with Crippen molar-refractivity contribution in [2.24, 2.45) is 0 Å². The van der Waals surface area contributed by atoms with Crippen molar-refractivity contribution in [1.82, 2.24) is 0 Å². The number of amides is 1. The molecule has 0 saturated carbocycles. The molecule has 3 aromatic carbocycles. The molecule has 0 radical (unpaired) electrons. The maximum absolute atomic E-state index is 13.0. The molecular formula is C21H16N2OS. The largest absolute Gasteiger partial charge is 0.325 e. The lowest BCUT2D eigenvalue weighted by atomic mass is 9.90. The van der Waals surface area contributed by atoms with E-state index in [0.29, 0.717) is 5.69 Å². The van der Waals surface area contributed by atoms with Crippen molar-refractivity contribution in [3.8, 4) is 5.40 Å². The number of hydrogen-bond donors (Lipinski definition) is 1. The van der Waals surface area contributed by atoms with Crippen LogP contribution in [0.2, 0.25) is 0 Å². The molecular weight excluding hydrogens is 328 g/mol. The highest BCUT2D eigenvalue weighted by Crippen LogP contribution is 2.27. The molecule has 0 saturated heterocycles. The van der Waals surface area contributed by atoms with Gasteiger partial charge in [-0.3, -0.25) is 4.79 Å². The van der Waals surface area contributed by atoms with Crippen LogP contribution in [0.15, 0.2) is 89.8 Å². The highest BCUT2D eigenvalue weighted by atomic mass is 32.2. The minimum Gasteiger partial charge on any atom is -0.325 e. The standard InChI is InChI=1S/C21H16N2OS/c22-15-25-19-13-11-18(12-14-19)23-21(24)20(16-7-3-1-4-8-16)17-9-5-2-6-10-17/h1-14,20H,(H,23,24). The van der Waals surface area contributed by atoms with Crippen molar-refractivity contribution in [1.29, 1.82) is 5.26 Å². The molecule has 1 amide bonds. The van der Waals surface area contributed by atoms with Crippen LogP contribution >= 0.6 is 11.8 Å². The van der Waals surface area contributed by atoms with E-state index in [1.54, 1.807) is 0 Å². The fourth-order valence-corrected chi connectivity index (χ4v) is 3.04. The molecule has 122 valence electrons. The number of hydrogen-bond acceptors (Lipinski definition) is 3. The zero-order valence-corrected chi connectivity index (χ0v) is 14.2. The van der Waals surface area contributed by atoms with E-state index in [9.17, 15) is 4.79 Å². The Hall–Kier alpha value is -3.03. The number of nitriles is 1. The van der Waals surface area contributed by atoms with Crippen molar-refractivity contribution >= 4 is 23.4 Å². The number of anilines is 1. The SMILES string of the molecule is N#CSc1ccc(NC(=O)C(c2ccccc2)c2ccccc2)cc1. The van der Waals surface area contributed by atoms with Crippen LogP contribution in [0.25, 0.3) is 0 Å². The van der Waals surface area contributed by atoms with Gasteiger partial charge in [0.15, 0.2) is 0 Å². The molecule has 0 spiro atoms. The van der Waals surface area contributed by atoms with E-state index in [2.05, 4.69) is 5.32 Å². The molecule has 0 heterocycles. The zero-order chi connectivity index (χ0) is 17.5. The van der Waals surface area contributed by atoms with E-state index in [0.717, 1.165) is 27.8 Å². The van der Waals surface area contributed by atoms with E-state index >= 15 is 0 Å². The molecule has 0 aliphatic heterocycles. The molecule has 0 aromatic heterocycles. The van der Waals surface area contributed by atoms with E-state index in [4.69, 9.17) is 5.26 Å². The first-order chi connectivity index (χ1) is 12.3. The molecule has 25 heavy (non-hydrogen) atoms. The van der Waals surface area contributed by atoms with E-state index in [1.807, 2.05) is 90.3 Å². The number of carbonyl (C=O) groups excluding carboxylic acids is 1. The summed E-state index contributed by atoms with van der Waals surface area (Å²) < 4.78 is 0. The lowest BCUT2D eigenvalue weighted by Crippen LogP contribution is -2.22. The van der Waals surface area contributed by atoms with Crippen LogP contribution in [-0.2, 0) is 4.79 Å². The molecule has 0 aliphatic carbocycles. The number of benzene rings is 3. The third-order valence-electron chi connectivity index (χ3n) is 3.81. The summed E-state index contributed by atoms with van der Waals surface area (Å²) in [6.07, 6.45) is 0. The van der Waals surface area contributed by atoms with Crippen LogP contribution in [0.5, 0.6) is 0 Å². The summed E-state index contributed by atoms with van der Waals surface area (Å²) in [4.78, 5) is 13.8. The molecule has 3 rings (SSSR count). The Morgan fingerprint density at radius 2 is 1.36 bits per heavy atom. The Balaban J connectivity index is 1.86. The van der Waals surface area contributed by atoms with E-state index in [1.165, 1.54) is 0 Å². The lowest BCUT2D eigenvalue weighted by molar-refractivity contribution is -0.116. The summed E-state index contributed by atoms with van der Waals surface area (Å²) in [6, 6.07) is 26.7. The second-order valence-electron chi connectivity index (χ2n) is 5.46. The van der Waals surface area contributed by atoms with Crippen LogP contribution in [0, 0.1) is 10.7 Å². The van der Waals surface area contributed by atoms with Crippen molar-refractivity contribution < 1.29 is 4.79 Å². The Morgan fingerprint density at radius 1 is 0.840 bits per heavy atom. The second-order valence-corrected chi connectivity index (χ2v) is 6.32. The summed E-state index contributed by atoms with van der Waals surface area (Å²) >= 11 is 1.10. The van der Waals surface area contributed by atoms with Crippen LogP contribution in [-0.4, -0.2) is 5.91 Å². The molecule has 3 nitrogen and oxygen atoms in total. The first kappa shape index (κ1) is 16.8. The molecule has 0 atom stereocenters. The first-order valence-electron chi connectivity index (χ1n) is 7.84. The number of rotatable bonds is 5. The Morgan fingerprint density at radius 3 is 1.84 bits per heavy atom. The minimum atomic E-state index is -0.379. The monoisotopic (exact) mass is 344 g/mol.